The molecular formula is C13H11BrN2O2S. The standard InChI is InChI=1S/C13H11BrN2O2S/c14-10-4-1-3-9(7-10)12(17)16-13(19)15-8-11-5-2-6-18-11/h1-7H,8H2,(H2,15,16,17,19). The van der Waals surface area contributed by atoms with Crippen molar-refractivity contribution in [1.29, 1.82) is 0 Å². The number of hydrogen-bond acceptors (Lipinski definition) is 3. The topological polar surface area (TPSA) is 54.3 Å². The Hall–Kier alpha value is -1.66. The van der Waals surface area contributed by atoms with Gasteiger partial charge in [0, 0.05) is 10.0 Å². The molecule has 0 spiro atoms. The Morgan fingerprint density at radius 3 is 2.84 bits per heavy atom. The lowest BCUT2D eigenvalue weighted by molar-refractivity contribution is 0.0976. The molecule has 1 aromatic heterocycles. The van der Waals surface area contributed by atoms with Crippen LogP contribution in [0.2, 0.25) is 0 Å². The molecule has 2 rings (SSSR count). The zero-order valence-corrected chi connectivity index (χ0v) is 12.3. The van der Waals surface area contributed by atoms with E-state index in [0.717, 1.165) is 10.2 Å². The Kier molecular flexibility index (Phi) is 4.70. The maximum absolute atomic E-state index is 11.9. The van der Waals surface area contributed by atoms with Gasteiger partial charge >= 0.3 is 0 Å². The molecule has 0 saturated heterocycles. The van der Waals surface area contributed by atoms with Crippen LogP contribution in [0.3, 0.4) is 0 Å². The fourth-order valence-electron chi connectivity index (χ4n) is 1.43. The fourth-order valence-corrected chi connectivity index (χ4v) is 1.99. The minimum atomic E-state index is -0.252. The highest BCUT2D eigenvalue weighted by atomic mass is 79.9. The van der Waals surface area contributed by atoms with Crippen LogP contribution in [0.15, 0.2) is 51.6 Å². The second kappa shape index (κ2) is 6.49. The first-order chi connectivity index (χ1) is 9.15. The first-order valence-electron chi connectivity index (χ1n) is 5.52. The van der Waals surface area contributed by atoms with Crippen molar-refractivity contribution in [2.45, 2.75) is 6.54 Å². The number of nitrogens with one attached hydrogen (secondary N) is 2. The van der Waals surface area contributed by atoms with E-state index in [1.165, 1.54) is 0 Å². The molecule has 6 heteroatoms. The van der Waals surface area contributed by atoms with Gasteiger partial charge in [0.15, 0.2) is 5.11 Å². The van der Waals surface area contributed by atoms with Gasteiger partial charge in [0.2, 0.25) is 0 Å². The zero-order chi connectivity index (χ0) is 13.7. The molecule has 0 bridgehead atoms. The lowest BCUT2D eigenvalue weighted by atomic mass is 10.2. The van der Waals surface area contributed by atoms with Crippen LogP contribution in [-0.2, 0) is 6.54 Å². The summed E-state index contributed by atoms with van der Waals surface area (Å²) in [5, 5.41) is 5.76. The molecule has 19 heavy (non-hydrogen) atoms. The molecule has 0 saturated carbocycles. The third-order valence-electron chi connectivity index (χ3n) is 2.32. The SMILES string of the molecule is O=C(NC(=S)NCc1ccco1)c1cccc(Br)c1. The van der Waals surface area contributed by atoms with Crippen LogP contribution >= 0.6 is 28.1 Å². The van der Waals surface area contributed by atoms with E-state index in [4.69, 9.17) is 16.6 Å². The molecule has 0 aliphatic rings. The molecule has 0 unspecified atom stereocenters. The summed E-state index contributed by atoms with van der Waals surface area (Å²) >= 11 is 8.35. The van der Waals surface area contributed by atoms with Crippen molar-refractivity contribution in [2.75, 3.05) is 0 Å². The summed E-state index contributed by atoms with van der Waals surface area (Å²) < 4.78 is 5.99. The van der Waals surface area contributed by atoms with Crippen molar-refractivity contribution < 1.29 is 9.21 Å². The van der Waals surface area contributed by atoms with Gasteiger partial charge in [-0.05, 0) is 42.5 Å². The number of halogens is 1. The maximum atomic E-state index is 11.9. The van der Waals surface area contributed by atoms with Gasteiger partial charge in [-0.3, -0.25) is 10.1 Å². The van der Waals surface area contributed by atoms with Gasteiger partial charge in [0.05, 0.1) is 12.8 Å². The van der Waals surface area contributed by atoms with Gasteiger partial charge in [-0.15, -0.1) is 0 Å². The Bertz CT molecular complexity index is 584. The van der Waals surface area contributed by atoms with Crippen LogP contribution in [0.5, 0.6) is 0 Å². The van der Waals surface area contributed by atoms with Crippen LogP contribution in [-0.4, -0.2) is 11.0 Å². The van der Waals surface area contributed by atoms with E-state index in [-0.39, 0.29) is 11.0 Å². The molecule has 98 valence electrons. The van der Waals surface area contributed by atoms with Crippen LogP contribution < -0.4 is 10.6 Å². The van der Waals surface area contributed by atoms with Crippen LogP contribution in [0.4, 0.5) is 0 Å². The van der Waals surface area contributed by atoms with Crippen LogP contribution in [0.1, 0.15) is 16.1 Å². The van der Waals surface area contributed by atoms with Gasteiger partial charge in [-0.2, -0.15) is 0 Å². The lowest BCUT2D eigenvalue weighted by Gasteiger charge is -2.08. The van der Waals surface area contributed by atoms with E-state index in [1.807, 2.05) is 12.1 Å². The molecule has 1 aromatic carbocycles. The summed E-state index contributed by atoms with van der Waals surface area (Å²) in [7, 11) is 0. The average Bonchev–Trinajstić information content (AvgIpc) is 2.89. The van der Waals surface area contributed by atoms with E-state index in [0.29, 0.717) is 12.1 Å². The molecule has 2 aromatic rings. The molecule has 4 nitrogen and oxygen atoms in total. The smallest absolute Gasteiger partial charge is 0.257 e. The second-order valence-corrected chi connectivity index (χ2v) is 5.05. The third kappa shape index (κ3) is 4.18. The summed E-state index contributed by atoms with van der Waals surface area (Å²) in [4.78, 5) is 11.9. The van der Waals surface area contributed by atoms with Crippen molar-refractivity contribution in [3.8, 4) is 0 Å². The molecule has 1 amide bonds. The van der Waals surface area contributed by atoms with Crippen molar-refractivity contribution >= 4 is 39.2 Å². The predicted octanol–water partition coefficient (Wildman–Crippen LogP) is 2.85. The number of amides is 1. The maximum Gasteiger partial charge on any atom is 0.257 e. The molecule has 1 heterocycles. The number of rotatable bonds is 3. The molecule has 0 aliphatic carbocycles. The van der Waals surface area contributed by atoms with Crippen molar-refractivity contribution in [3.05, 3.63) is 58.5 Å². The summed E-state index contributed by atoms with van der Waals surface area (Å²) in [5.74, 6) is 0.497. The number of furan rings is 1. The molecule has 0 atom stereocenters. The third-order valence-corrected chi connectivity index (χ3v) is 3.06. The van der Waals surface area contributed by atoms with Gasteiger partial charge < -0.3 is 9.73 Å². The van der Waals surface area contributed by atoms with Crippen molar-refractivity contribution in [1.82, 2.24) is 10.6 Å². The van der Waals surface area contributed by atoms with Gasteiger partial charge in [-0.1, -0.05) is 22.0 Å². The lowest BCUT2D eigenvalue weighted by Crippen LogP contribution is -2.38. The summed E-state index contributed by atoms with van der Waals surface area (Å²) in [6.45, 7) is 0.435. The van der Waals surface area contributed by atoms with E-state index in [9.17, 15) is 4.79 Å². The predicted molar refractivity (Wildman–Crippen MR) is 79.8 cm³/mol. The number of benzene rings is 1. The van der Waals surface area contributed by atoms with Crippen molar-refractivity contribution in [3.63, 3.8) is 0 Å². The van der Waals surface area contributed by atoms with E-state index < -0.39 is 0 Å². The Labute approximate surface area is 124 Å². The Balaban J connectivity index is 1.86. The van der Waals surface area contributed by atoms with Gasteiger partial charge in [0.1, 0.15) is 5.76 Å². The normalized spacial score (nSPS) is 9.95. The number of hydrogen-bond donors (Lipinski definition) is 2. The highest BCUT2D eigenvalue weighted by molar-refractivity contribution is 9.10. The molecule has 0 radical (unpaired) electrons. The monoisotopic (exact) mass is 338 g/mol. The molecule has 2 N–H and O–H groups in total. The first-order valence-corrected chi connectivity index (χ1v) is 6.72. The molecule has 0 fully saturated rings. The highest BCUT2D eigenvalue weighted by Crippen LogP contribution is 2.11. The fraction of sp³-hybridized carbons (Fsp3) is 0.0769. The minimum absolute atomic E-state index is 0.252. The van der Waals surface area contributed by atoms with Gasteiger partial charge in [0.25, 0.3) is 5.91 Å². The Morgan fingerprint density at radius 2 is 2.16 bits per heavy atom. The molecule has 0 aliphatic heterocycles. The molecular weight excluding hydrogens is 328 g/mol. The quantitative estimate of drug-likeness (QED) is 0.845. The summed E-state index contributed by atoms with van der Waals surface area (Å²) in [6, 6.07) is 10.7. The van der Waals surface area contributed by atoms with Crippen LogP contribution in [0, 0.1) is 0 Å². The van der Waals surface area contributed by atoms with Crippen LogP contribution in [0.25, 0.3) is 0 Å². The largest absolute Gasteiger partial charge is 0.467 e. The van der Waals surface area contributed by atoms with E-state index in [1.54, 1.807) is 30.5 Å². The highest BCUT2D eigenvalue weighted by Gasteiger charge is 2.08. The van der Waals surface area contributed by atoms with Crippen molar-refractivity contribution in [2.24, 2.45) is 0 Å². The van der Waals surface area contributed by atoms with E-state index in [2.05, 4.69) is 26.6 Å². The summed E-state index contributed by atoms with van der Waals surface area (Å²) in [6.07, 6.45) is 1.58. The first kappa shape index (κ1) is 13.8. The Morgan fingerprint density at radius 1 is 1.32 bits per heavy atom. The van der Waals surface area contributed by atoms with Gasteiger partial charge in [-0.25, -0.2) is 0 Å². The average molecular weight is 339 g/mol. The second-order valence-electron chi connectivity index (χ2n) is 3.73. The number of carbonyl (C=O) groups is 1. The number of carbonyl (C=O) groups excluding carboxylic acids is 1. The zero-order valence-electron chi connectivity index (χ0n) is 9.85. The number of thiocarbonyl (C=S) groups is 1. The van der Waals surface area contributed by atoms with E-state index >= 15 is 0 Å². The summed E-state index contributed by atoms with van der Waals surface area (Å²) in [5.41, 5.74) is 0.538. The minimum Gasteiger partial charge on any atom is -0.467 e.